The first-order chi connectivity index (χ1) is 8.58. The summed E-state index contributed by atoms with van der Waals surface area (Å²) in [6, 6.07) is 6.21. The van der Waals surface area contributed by atoms with Gasteiger partial charge in [-0.2, -0.15) is 0 Å². The van der Waals surface area contributed by atoms with Crippen LogP contribution in [-0.4, -0.2) is 6.10 Å². The fourth-order valence-corrected chi connectivity index (χ4v) is 3.01. The summed E-state index contributed by atoms with van der Waals surface area (Å²) < 4.78 is 7.15. The molecule has 1 aliphatic rings. The molecule has 1 aromatic rings. The molecule has 0 spiro atoms. The van der Waals surface area contributed by atoms with Crippen LogP contribution in [0.3, 0.4) is 0 Å². The zero-order chi connectivity index (χ0) is 13.1. The van der Waals surface area contributed by atoms with Crippen molar-refractivity contribution in [1.29, 1.82) is 0 Å². The monoisotopic (exact) mass is 311 g/mol. The van der Waals surface area contributed by atoms with Gasteiger partial charge in [-0.1, -0.05) is 19.4 Å². The summed E-state index contributed by atoms with van der Waals surface area (Å²) >= 11 is 3.58. The van der Waals surface area contributed by atoms with Crippen LogP contribution in [0.25, 0.3) is 0 Å². The molecule has 3 atom stereocenters. The summed E-state index contributed by atoms with van der Waals surface area (Å²) in [5, 5.41) is 0. The van der Waals surface area contributed by atoms with Crippen molar-refractivity contribution in [3.05, 3.63) is 28.2 Å². The minimum atomic E-state index is 0.0592. The highest BCUT2D eigenvalue weighted by molar-refractivity contribution is 9.10. The second kappa shape index (κ2) is 6.07. The predicted molar refractivity (Wildman–Crippen MR) is 78.8 cm³/mol. The van der Waals surface area contributed by atoms with Gasteiger partial charge >= 0.3 is 0 Å². The minimum absolute atomic E-state index is 0.0592. The minimum Gasteiger partial charge on any atom is -0.489 e. The van der Waals surface area contributed by atoms with Gasteiger partial charge in [-0.05, 0) is 65.7 Å². The molecule has 0 amide bonds. The van der Waals surface area contributed by atoms with Crippen LogP contribution in [0.15, 0.2) is 22.7 Å². The van der Waals surface area contributed by atoms with Crippen molar-refractivity contribution < 1.29 is 4.74 Å². The van der Waals surface area contributed by atoms with E-state index in [4.69, 9.17) is 10.5 Å². The largest absolute Gasteiger partial charge is 0.489 e. The summed E-state index contributed by atoms with van der Waals surface area (Å²) in [6.07, 6.45) is 5.43. The average molecular weight is 312 g/mol. The van der Waals surface area contributed by atoms with E-state index < -0.39 is 0 Å². The van der Waals surface area contributed by atoms with E-state index in [0.29, 0.717) is 12.0 Å². The van der Waals surface area contributed by atoms with Crippen molar-refractivity contribution in [2.45, 2.75) is 51.7 Å². The lowest BCUT2D eigenvalue weighted by molar-refractivity contribution is 0.102. The summed E-state index contributed by atoms with van der Waals surface area (Å²) in [4.78, 5) is 0. The highest BCUT2D eigenvalue weighted by Crippen LogP contribution is 2.33. The third kappa shape index (κ3) is 3.27. The van der Waals surface area contributed by atoms with Gasteiger partial charge in [0.15, 0.2) is 0 Å². The molecule has 2 nitrogen and oxygen atoms in total. The first-order valence-electron chi connectivity index (χ1n) is 6.79. The van der Waals surface area contributed by atoms with Gasteiger partial charge < -0.3 is 10.5 Å². The van der Waals surface area contributed by atoms with E-state index in [9.17, 15) is 0 Å². The van der Waals surface area contributed by atoms with Crippen LogP contribution in [0, 0.1) is 5.92 Å². The normalized spacial score (nSPS) is 25.8. The number of rotatable bonds is 3. The molecule has 1 aromatic carbocycles. The van der Waals surface area contributed by atoms with Gasteiger partial charge in [0.2, 0.25) is 0 Å². The number of nitrogens with two attached hydrogens (primary N) is 1. The van der Waals surface area contributed by atoms with E-state index in [-0.39, 0.29) is 6.04 Å². The fraction of sp³-hybridized carbons (Fsp3) is 0.600. The lowest BCUT2D eigenvalue weighted by Gasteiger charge is -2.29. The maximum atomic E-state index is 6.15. The van der Waals surface area contributed by atoms with Crippen LogP contribution in [0.1, 0.15) is 51.1 Å². The summed E-state index contributed by atoms with van der Waals surface area (Å²) in [5.41, 5.74) is 7.01. The van der Waals surface area contributed by atoms with Crippen molar-refractivity contribution in [3.63, 3.8) is 0 Å². The number of hydrogen-bond acceptors (Lipinski definition) is 2. The van der Waals surface area contributed by atoms with E-state index in [2.05, 4.69) is 35.0 Å². The average Bonchev–Trinajstić information content (AvgIpc) is 2.34. The third-order valence-corrected chi connectivity index (χ3v) is 4.41. The molecule has 18 heavy (non-hydrogen) atoms. The Kier molecular flexibility index (Phi) is 4.68. The van der Waals surface area contributed by atoms with Crippen LogP contribution >= 0.6 is 15.9 Å². The molecule has 3 heteroatoms. The first kappa shape index (κ1) is 13.9. The Morgan fingerprint density at radius 2 is 2.06 bits per heavy atom. The van der Waals surface area contributed by atoms with E-state index >= 15 is 0 Å². The summed E-state index contributed by atoms with van der Waals surface area (Å²) in [6.45, 7) is 4.28. The number of benzene rings is 1. The van der Waals surface area contributed by atoms with Crippen molar-refractivity contribution in [2.75, 3.05) is 0 Å². The van der Waals surface area contributed by atoms with Crippen LogP contribution in [0.2, 0.25) is 0 Å². The summed E-state index contributed by atoms with van der Waals surface area (Å²) in [5.74, 6) is 1.59. The molecule has 0 aliphatic heterocycles. The zero-order valence-electron chi connectivity index (χ0n) is 11.2. The first-order valence-corrected chi connectivity index (χ1v) is 7.59. The molecule has 2 N–H and O–H groups in total. The van der Waals surface area contributed by atoms with Gasteiger partial charge in [0, 0.05) is 6.04 Å². The molecule has 0 saturated heterocycles. The standard InChI is InChI=1S/C15H22BrNO/c1-10-5-3-4-6-14(10)18-15-8-7-12(11(2)17)9-13(15)16/h7-11,14H,3-6,17H2,1-2H3/t10?,11-,14?/m1/s1. The Morgan fingerprint density at radius 3 is 2.67 bits per heavy atom. The Bertz CT molecular complexity index is 405. The molecular formula is C15H22BrNO. The lowest BCUT2D eigenvalue weighted by atomic mass is 9.88. The highest BCUT2D eigenvalue weighted by atomic mass is 79.9. The maximum absolute atomic E-state index is 6.15. The number of halogens is 1. The van der Waals surface area contributed by atoms with E-state index in [1.54, 1.807) is 0 Å². The molecular weight excluding hydrogens is 290 g/mol. The molecule has 100 valence electrons. The molecule has 1 saturated carbocycles. The van der Waals surface area contributed by atoms with E-state index in [0.717, 1.165) is 15.8 Å². The fourth-order valence-electron chi connectivity index (χ4n) is 2.52. The summed E-state index contributed by atoms with van der Waals surface area (Å²) in [7, 11) is 0. The molecule has 1 fully saturated rings. The van der Waals surface area contributed by atoms with Gasteiger partial charge in [-0.15, -0.1) is 0 Å². The highest BCUT2D eigenvalue weighted by Gasteiger charge is 2.23. The topological polar surface area (TPSA) is 35.2 Å². The SMILES string of the molecule is CC1CCCCC1Oc1ccc([C@@H](C)N)cc1Br. The van der Waals surface area contributed by atoms with Gasteiger partial charge in [0.1, 0.15) is 11.9 Å². The lowest BCUT2D eigenvalue weighted by Crippen LogP contribution is -2.28. The molecule has 0 heterocycles. The van der Waals surface area contributed by atoms with Crippen LogP contribution in [0.4, 0.5) is 0 Å². The Hall–Kier alpha value is -0.540. The van der Waals surface area contributed by atoms with E-state index in [1.165, 1.54) is 25.7 Å². The molecule has 0 bridgehead atoms. The van der Waals surface area contributed by atoms with Crippen LogP contribution in [0.5, 0.6) is 5.75 Å². The van der Waals surface area contributed by atoms with Gasteiger partial charge in [-0.25, -0.2) is 0 Å². The van der Waals surface area contributed by atoms with Crippen molar-refractivity contribution >= 4 is 15.9 Å². The predicted octanol–water partition coefficient (Wildman–Crippen LogP) is 4.43. The number of ether oxygens (including phenoxy) is 1. The second-order valence-corrected chi connectivity index (χ2v) is 6.25. The van der Waals surface area contributed by atoms with E-state index in [1.807, 2.05) is 13.0 Å². The second-order valence-electron chi connectivity index (χ2n) is 5.40. The molecule has 1 aliphatic carbocycles. The smallest absolute Gasteiger partial charge is 0.133 e. The molecule has 0 radical (unpaired) electrons. The Morgan fingerprint density at radius 1 is 1.33 bits per heavy atom. The third-order valence-electron chi connectivity index (χ3n) is 3.79. The van der Waals surface area contributed by atoms with Crippen molar-refractivity contribution in [1.82, 2.24) is 0 Å². The molecule has 2 unspecified atom stereocenters. The van der Waals surface area contributed by atoms with Crippen molar-refractivity contribution in [2.24, 2.45) is 11.7 Å². The molecule has 0 aromatic heterocycles. The Balaban J connectivity index is 2.09. The number of hydrogen-bond donors (Lipinski definition) is 1. The van der Waals surface area contributed by atoms with Crippen LogP contribution < -0.4 is 10.5 Å². The van der Waals surface area contributed by atoms with Crippen molar-refractivity contribution in [3.8, 4) is 5.75 Å². The quantitative estimate of drug-likeness (QED) is 0.896. The maximum Gasteiger partial charge on any atom is 0.133 e. The van der Waals surface area contributed by atoms with Gasteiger partial charge in [-0.3, -0.25) is 0 Å². The van der Waals surface area contributed by atoms with Gasteiger partial charge in [0.25, 0.3) is 0 Å². The zero-order valence-corrected chi connectivity index (χ0v) is 12.7. The van der Waals surface area contributed by atoms with Crippen LogP contribution in [-0.2, 0) is 0 Å². The Labute approximate surface area is 118 Å². The van der Waals surface area contributed by atoms with Gasteiger partial charge in [0.05, 0.1) is 4.47 Å². The molecule has 2 rings (SSSR count).